The van der Waals surface area contributed by atoms with Gasteiger partial charge in [0.1, 0.15) is 0 Å². The van der Waals surface area contributed by atoms with Gasteiger partial charge in [0.05, 0.1) is 15.7 Å². The quantitative estimate of drug-likeness (QED) is 0.509. The van der Waals surface area contributed by atoms with Crippen LogP contribution in [-0.2, 0) is 0 Å². The lowest BCUT2D eigenvalue weighted by molar-refractivity contribution is -0.110. The van der Waals surface area contributed by atoms with Crippen molar-refractivity contribution in [3.63, 3.8) is 0 Å². The molecule has 116 valence electrons. The molecule has 4 fully saturated rings. The SMILES string of the molecule is [B]C([B])(C(C)(C)C)C12CC3CC4C(CC)C(C1=C)C4(C3)C2C. The van der Waals surface area contributed by atoms with Crippen molar-refractivity contribution < 1.29 is 0 Å². The topological polar surface area (TPSA) is 0 Å². The van der Waals surface area contributed by atoms with Crippen LogP contribution in [-0.4, -0.2) is 15.7 Å². The summed E-state index contributed by atoms with van der Waals surface area (Å²) in [4.78, 5) is 0. The van der Waals surface area contributed by atoms with Gasteiger partial charge in [0.2, 0.25) is 0 Å². The van der Waals surface area contributed by atoms with Crippen molar-refractivity contribution in [1.29, 1.82) is 0 Å². The third-order valence-electron chi connectivity index (χ3n) is 9.00. The number of hydrogen-bond donors (Lipinski definition) is 0. The molecule has 0 saturated heterocycles. The molecule has 22 heavy (non-hydrogen) atoms. The van der Waals surface area contributed by atoms with Gasteiger partial charge in [-0.1, -0.05) is 58.4 Å². The van der Waals surface area contributed by atoms with Crippen LogP contribution in [0.15, 0.2) is 12.2 Å². The second kappa shape index (κ2) is 3.92. The van der Waals surface area contributed by atoms with Crippen LogP contribution >= 0.6 is 0 Å². The van der Waals surface area contributed by atoms with E-state index in [4.69, 9.17) is 15.7 Å². The van der Waals surface area contributed by atoms with Crippen molar-refractivity contribution in [2.45, 2.75) is 65.5 Å². The Balaban J connectivity index is 1.91. The highest BCUT2D eigenvalue weighted by atomic mass is 14.8. The largest absolute Gasteiger partial charge is 0.0990 e. The van der Waals surface area contributed by atoms with E-state index in [0.29, 0.717) is 17.3 Å². The molecule has 4 aliphatic carbocycles. The Morgan fingerprint density at radius 3 is 2.41 bits per heavy atom. The monoisotopic (exact) mass is 292 g/mol. The van der Waals surface area contributed by atoms with E-state index in [0.717, 1.165) is 17.8 Å². The van der Waals surface area contributed by atoms with E-state index in [1.54, 1.807) is 0 Å². The van der Waals surface area contributed by atoms with Crippen molar-refractivity contribution in [3.8, 4) is 0 Å². The highest BCUT2D eigenvalue weighted by molar-refractivity contribution is 6.41. The first-order valence-electron chi connectivity index (χ1n) is 9.32. The van der Waals surface area contributed by atoms with Crippen molar-refractivity contribution in [1.82, 2.24) is 0 Å². The number of fused-ring (bicyclic) bond motifs is 2. The maximum absolute atomic E-state index is 6.96. The van der Waals surface area contributed by atoms with E-state index >= 15 is 0 Å². The van der Waals surface area contributed by atoms with Crippen LogP contribution in [0.25, 0.3) is 0 Å². The number of allylic oxidation sites excluding steroid dienone is 1. The zero-order chi connectivity index (χ0) is 16.3. The molecule has 0 aromatic rings. The predicted octanol–water partition coefficient (Wildman–Crippen LogP) is 4.75. The molecule has 0 N–H and O–H groups in total. The van der Waals surface area contributed by atoms with Gasteiger partial charge in [0.25, 0.3) is 0 Å². The van der Waals surface area contributed by atoms with E-state index in [1.807, 2.05) is 0 Å². The fourth-order valence-electron chi connectivity index (χ4n) is 8.02. The van der Waals surface area contributed by atoms with Crippen LogP contribution in [0.5, 0.6) is 0 Å². The van der Waals surface area contributed by atoms with Crippen molar-refractivity contribution >= 4 is 15.7 Å². The van der Waals surface area contributed by atoms with Gasteiger partial charge in [0, 0.05) is 0 Å². The number of hydrogen-bond acceptors (Lipinski definition) is 0. The molecular formula is C20H30B2. The van der Waals surface area contributed by atoms with Crippen LogP contribution in [0, 0.1) is 45.8 Å². The molecule has 0 aliphatic heterocycles. The molecular weight excluding hydrogens is 262 g/mol. The second-order valence-electron chi connectivity index (χ2n) is 10.1. The van der Waals surface area contributed by atoms with Crippen molar-refractivity contribution in [2.24, 2.45) is 45.8 Å². The molecule has 7 unspecified atom stereocenters. The Labute approximate surface area is 139 Å². The summed E-state index contributed by atoms with van der Waals surface area (Å²) in [5, 5.41) is -0.674. The lowest BCUT2D eigenvalue weighted by atomic mass is 9.30. The second-order valence-corrected chi connectivity index (χ2v) is 10.1. The summed E-state index contributed by atoms with van der Waals surface area (Å²) in [6.07, 6.45) is 5.32. The molecule has 2 heteroatoms. The predicted molar refractivity (Wildman–Crippen MR) is 94.9 cm³/mol. The fourth-order valence-corrected chi connectivity index (χ4v) is 8.02. The molecule has 0 amide bonds. The molecule has 0 heterocycles. The molecule has 7 atom stereocenters. The normalized spacial score (nSPS) is 52.8. The van der Waals surface area contributed by atoms with Crippen LogP contribution in [0.3, 0.4) is 0 Å². The molecule has 1 spiro atoms. The lowest BCUT2D eigenvalue weighted by Crippen LogP contribution is -2.55. The standard InChI is InChI=1S/C20H30B2/c1-7-14-15-8-13-9-18(15)12(3)19(10-13,11(2)16(14)18)20(21,22)17(4,5)6/h12-16H,2,7-10H2,1,3-6H3. The summed E-state index contributed by atoms with van der Waals surface area (Å²) in [7, 11) is 13.9. The third-order valence-corrected chi connectivity index (χ3v) is 9.00. The van der Waals surface area contributed by atoms with Crippen molar-refractivity contribution in [2.75, 3.05) is 0 Å². The Hall–Kier alpha value is -0.130. The maximum Gasteiger partial charge on any atom is 0.0639 e. The van der Waals surface area contributed by atoms with Gasteiger partial charge < -0.3 is 0 Å². The van der Waals surface area contributed by atoms with E-state index in [2.05, 4.69) is 41.2 Å². The smallest absolute Gasteiger partial charge is 0.0639 e. The first-order valence-corrected chi connectivity index (χ1v) is 9.32. The average molecular weight is 292 g/mol. The third kappa shape index (κ3) is 1.23. The highest BCUT2D eigenvalue weighted by Crippen LogP contribution is 2.88. The van der Waals surface area contributed by atoms with E-state index in [1.165, 1.54) is 31.3 Å². The van der Waals surface area contributed by atoms with Crippen molar-refractivity contribution in [3.05, 3.63) is 12.2 Å². The Morgan fingerprint density at radius 2 is 1.86 bits per heavy atom. The van der Waals surface area contributed by atoms with Crippen LogP contribution in [0.2, 0.25) is 5.21 Å². The minimum atomic E-state index is -0.674. The molecule has 0 aromatic heterocycles. The van der Waals surface area contributed by atoms with Gasteiger partial charge in [0.15, 0.2) is 0 Å². The van der Waals surface area contributed by atoms with Gasteiger partial charge in [-0.2, -0.15) is 0 Å². The Bertz CT molecular complexity index is 542. The molecule has 3 bridgehead atoms. The van der Waals surface area contributed by atoms with Crippen LogP contribution < -0.4 is 0 Å². The first kappa shape index (κ1) is 15.4. The van der Waals surface area contributed by atoms with Gasteiger partial charge in [-0.25, -0.2) is 0 Å². The maximum atomic E-state index is 6.96. The first-order chi connectivity index (χ1) is 10.1. The Morgan fingerprint density at radius 1 is 1.23 bits per heavy atom. The van der Waals surface area contributed by atoms with E-state index < -0.39 is 5.21 Å². The summed E-state index contributed by atoms with van der Waals surface area (Å²) in [5.41, 5.74) is 1.76. The van der Waals surface area contributed by atoms with Crippen LogP contribution in [0.4, 0.5) is 0 Å². The van der Waals surface area contributed by atoms with Gasteiger partial charge in [-0.15, -0.1) is 0 Å². The lowest BCUT2D eigenvalue weighted by Gasteiger charge is -2.61. The van der Waals surface area contributed by atoms with Crippen LogP contribution in [0.1, 0.15) is 60.3 Å². The zero-order valence-electron chi connectivity index (χ0n) is 15.1. The van der Waals surface area contributed by atoms with E-state index in [9.17, 15) is 0 Å². The molecule has 4 aliphatic rings. The average Bonchev–Trinajstić information content (AvgIpc) is 2.68. The molecule has 4 saturated carbocycles. The van der Waals surface area contributed by atoms with Gasteiger partial charge >= 0.3 is 0 Å². The highest BCUT2D eigenvalue weighted by Gasteiger charge is 2.81. The number of rotatable bonds is 2. The fraction of sp³-hybridized carbons (Fsp3) is 0.900. The summed E-state index contributed by atoms with van der Waals surface area (Å²) in [5.74, 6) is 3.88. The Kier molecular flexibility index (Phi) is 2.74. The summed E-state index contributed by atoms with van der Waals surface area (Å²) < 4.78 is 0. The summed E-state index contributed by atoms with van der Waals surface area (Å²) in [6.45, 7) is 16.1. The van der Waals surface area contributed by atoms with E-state index in [-0.39, 0.29) is 10.8 Å². The molecule has 0 nitrogen and oxygen atoms in total. The molecule has 4 rings (SSSR count). The van der Waals surface area contributed by atoms with Gasteiger partial charge in [-0.05, 0) is 65.1 Å². The summed E-state index contributed by atoms with van der Waals surface area (Å²) in [6, 6.07) is 0. The summed E-state index contributed by atoms with van der Waals surface area (Å²) >= 11 is 0. The minimum Gasteiger partial charge on any atom is -0.0990 e. The molecule has 4 radical (unpaired) electrons. The minimum absolute atomic E-state index is 0.0580. The van der Waals surface area contributed by atoms with Gasteiger partial charge in [-0.3, -0.25) is 0 Å². The molecule has 0 aromatic carbocycles. The zero-order valence-corrected chi connectivity index (χ0v) is 15.1.